The number of hydrogen-bond acceptors (Lipinski definition) is 4. The molecule has 2 aromatic carbocycles. The Bertz CT molecular complexity index is 927. The van der Waals surface area contributed by atoms with Crippen molar-refractivity contribution in [3.05, 3.63) is 60.2 Å². The highest BCUT2D eigenvalue weighted by Crippen LogP contribution is 2.30. The molecule has 3 rings (SSSR count). The van der Waals surface area contributed by atoms with E-state index in [1.54, 1.807) is 0 Å². The summed E-state index contributed by atoms with van der Waals surface area (Å²) in [7, 11) is 0. The molecule has 0 saturated carbocycles. The highest BCUT2D eigenvalue weighted by Gasteiger charge is 2.18. The lowest BCUT2D eigenvalue weighted by molar-refractivity contribution is -0.118. The average molecular weight is 395 g/mol. The number of hydrogen-bond donors (Lipinski definition) is 1. The van der Waals surface area contributed by atoms with Gasteiger partial charge in [0.25, 0.3) is 0 Å². The number of thioether (sulfide) groups is 1. The summed E-state index contributed by atoms with van der Waals surface area (Å²) in [6.45, 7) is 9.13. The summed E-state index contributed by atoms with van der Waals surface area (Å²) in [5.74, 6) is 1.07. The van der Waals surface area contributed by atoms with Crippen molar-refractivity contribution in [2.24, 2.45) is 0 Å². The van der Waals surface area contributed by atoms with Gasteiger partial charge in [0.15, 0.2) is 11.0 Å². The van der Waals surface area contributed by atoms with Crippen LogP contribution >= 0.6 is 11.8 Å². The van der Waals surface area contributed by atoms with Gasteiger partial charge in [0.1, 0.15) is 0 Å². The molecule has 0 aliphatic carbocycles. The predicted molar refractivity (Wildman–Crippen MR) is 115 cm³/mol. The molecular formula is C22H26N4OS. The summed E-state index contributed by atoms with van der Waals surface area (Å²) in [6, 6.07) is 18.4. The number of para-hydroxylation sites is 1. The second-order valence-electron chi connectivity index (χ2n) is 7.55. The van der Waals surface area contributed by atoms with Crippen molar-refractivity contribution in [2.75, 3.05) is 12.3 Å². The lowest BCUT2D eigenvalue weighted by Gasteiger charge is -2.19. The van der Waals surface area contributed by atoms with Crippen molar-refractivity contribution in [3.8, 4) is 17.1 Å². The molecule has 3 aromatic rings. The van der Waals surface area contributed by atoms with Gasteiger partial charge in [0, 0.05) is 17.8 Å². The third kappa shape index (κ3) is 4.62. The summed E-state index contributed by atoms with van der Waals surface area (Å²) < 4.78 is 2.01. The third-order valence-electron chi connectivity index (χ3n) is 4.36. The molecule has 0 atom stereocenters. The van der Waals surface area contributed by atoms with E-state index in [0.717, 1.165) is 17.1 Å². The van der Waals surface area contributed by atoms with Crippen molar-refractivity contribution in [1.29, 1.82) is 0 Å². The first-order valence-electron chi connectivity index (χ1n) is 9.41. The van der Waals surface area contributed by atoms with E-state index in [1.807, 2.05) is 41.8 Å². The van der Waals surface area contributed by atoms with Crippen LogP contribution in [0.4, 0.5) is 0 Å². The van der Waals surface area contributed by atoms with Gasteiger partial charge in [-0.05, 0) is 30.0 Å². The Kier molecular flexibility index (Phi) is 6.19. The Hall–Kier alpha value is -2.60. The number of nitrogens with one attached hydrogen (secondary N) is 1. The maximum absolute atomic E-state index is 11.9. The van der Waals surface area contributed by atoms with Gasteiger partial charge in [-0.2, -0.15) is 0 Å². The van der Waals surface area contributed by atoms with E-state index < -0.39 is 0 Å². The molecule has 0 saturated heterocycles. The maximum atomic E-state index is 11.9. The molecule has 1 heterocycles. The summed E-state index contributed by atoms with van der Waals surface area (Å²) in [5, 5.41) is 12.3. The molecule has 5 nitrogen and oxygen atoms in total. The van der Waals surface area contributed by atoms with Gasteiger partial charge in [-0.3, -0.25) is 9.36 Å². The van der Waals surface area contributed by atoms with Crippen molar-refractivity contribution < 1.29 is 4.79 Å². The van der Waals surface area contributed by atoms with E-state index in [2.05, 4.69) is 60.6 Å². The SMILES string of the molecule is CCNC(=O)CSc1nnc(-c2ccc(C(C)(C)C)cc2)n1-c1ccccc1. The van der Waals surface area contributed by atoms with E-state index in [9.17, 15) is 4.79 Å². The maximum Gasteiger partial charge on any atom is 0.230 e. The number of rotatable bonds is 6. The number of carbonyl (C=O) groups excluding carboxylic acids is 1. The molecule has 1 amide bonds. The van der Waals surface area contributed by atoms with Crippen LogP contribution in [0, 0.1) is 0 Å². The minimum absolute atomic E-state index is 0.00816. The molecule has 0 bridgehead atoms. The van der Waals surface area contributed by atoms with Gasteiger partial charge in [-0.15, -0.1) is 10.2 Å². The van der Waals surface area contributed by atoms with Gasteiger partial charge >= 0.3 is 0 Å². The Morgan fingerprint density at radius 2 is 1.71 bits per heavy atom. The zero-order valence-electron chi connectivity index (χ0n) is 16.8. The van der Waals surface area contributed by atoms with E-state index in [-0.39, 0.29) is 11.3 Å². The second-order valence-corrected chi connectivity index (χ2v) is 8.49. The fourth-order valence-corrected chi connectivity index (χ4v) is 3.64. The van der Waals surface area contributed by atoms with Crippen LogP contribution in [0.1, 0.15) is 33.3 Å². The zero-order valence-corrected chi connectivity index (χ0v) is 17.6. The molecule has 0 unspecified atom stereocenters. The summed E-state index contributed by atoms with van der Waals surface area (Å²) in [5.41, 5.74) is 3.34. The van der Waals surface area contributed by atoms with Crippen molar-refractivity contribution in [2.45, 2.75) is 38.3 Å². The number of amides is 1. The Labute approximate surface area is 170 Å². The van der Waals surface area contributed by atoms with Crippen molar-refractivity contribution in [3.63, 3.8) is 0 Å². The molecule has 0 spiro atoms. The lowest BCUT2D eigenvalue weighted by atomic mass is 9.87. The molecule has 1 N–H and O–H groups in total. The van der Waals surface area contributed by atoms with Gasteiger partial charge in [0.2, 0.25) is 5.91 Å². The number of benzene rings is 2. The quantitative estimate of drug-likeness (QED) is 0.627. The Balaban J connectivity index is 1.98. The van der Waals surface area contributed by atoms with Crippen LogP contribution in [-0.2, 0) is 10.2 Å². The minimum Gasteiger partial charge on any atom is -0.356 e. The van der Waals surface area contributed by atoms with Crippen LogP contribution < -0.4 is 5.32 Å². The zero-order chi connectivity index (χ0) is 20.1. The van der Waals surface area contributed by atoms with Gasteiger partial charge in [-0.1, -0.05) is 75.0 Å². The molecule has 0 aliphatic heterocycles. The van der Waals surface area contributed by atoms with E-state index in [1.165, 1.54) is 17.3 Å². The Morgan fingerprint density at radius 3 is 2.32 bits per heavy atom. The van der Waals surface area contributed by atoms with Crippen LogP contribution in [-0.4, -0.2) is 33.0 Å². The lowest BCUT2D eigenvalue weighted by Crippen LogP contribution is -2.24. The van der Waals surface area contributed by atoms with Crippen molar-refractivity contribution in [1.82, 2.24) is 20.1 Å². The van der Waals surface area contributed by atoms with Crippen LogP contribution in [0.3, 0.4) is 0 Å². The predicted octanol–water partition coefficient (Wildman–Crippen LogP) is 4.46. The number of aromatic nitrogens is 3. The monoisotopic (exact) mass is 394 g/mol. The number of carbonyl (C=O) groups is 1. The average Bonchev–Trinajstić information content (AvgIpc) is 3.11. The van der Waals surface area contributed by atoms with Gasteiger partial charge < -0.3 is 5.32 Å². The fraction of sp³-hybridized carbons (Fsp3) is 0.318. The van der Waals surface area contributed by atoms with E-state index in [0.29, 0.717) is 17.5 Å². The van der Waals surface area contributed by atoms with Crippen LogP contribution in [0.5, 0.6) is 0 Å². The Morgan fingerprint density at radius 1 is 1.04 bits per heavy atom. The molecule has 0 radical (unpaired) electrons. The molecule has 0 aliphatic rings. The first kappa shape index (κ1) is 20.1. The van der Waals surface area contributed by atoms with Gasteiger partial charge in [-0.25, -0.2) is 0 Å². The summed E-state index contributed by atoms with van der Waals surface area (Å²) in [4.78, 5) is 11.9. The highest BCUT2D eigenvalue weighted by atomic mass is 32.2. The summed E-state index contributed by atoms with van der Waals surface area (Å²) >= 11 is 1.39. The van der Waals surface area contributed by atoms with Crippen LogP contribution in [0.15, 0.2) is 59.8 Å². The first-order chi connectivity index (χ1) is 13.4. The molecule has 6 heteroatoms. The topological polar surface area (TPSA) is 59.8 Å². The standard InChI is InChI=1S/C22H26N4OS/c1-5-23-19(27)15-28-21-25-24-20(26(21)18-9-7-6-8-10-18)16-11-13-17(14-12-16)22(2,3)4/h6-14H,5,15H2,1-4H3,(H,23,27). The number of nitrogens with zero attached hydrogens (tertiary/aromatic N) is 3. The molecular weight excluding hydrogens is 368 g/mol. The fourth-order valence-electron chi connectivity index (χ4n) is 2.86. The van der Waals surface area contributed by atoms with Gasteiger partial charge in [0.05, 0.1) is 5.75 Å². The smallest absolute Gasteiger partial charge is 0.230 e. The minimum atomic E-state index is -0.00816. The normalized spacial score (nSPS) is 11.4. The summed E-state index contributed by atoms with van der Waals surface area (Å²) in [6.07, 6.45) is 0. The molecule has 146 valence electrons. The van der Waals surface area contributed by atoms with Crippen LogP contribution in [0.2, 0.25) is 0 Å². The highest BCUT2D eigenvalue weighted by molar-refractivity contribution is 7.99. The van der Waals surface area contributed by atoms with Crippen molar-refractivity contribution >= 4 is 17.7 Å². The first-order valence-corrected chi connectivity index (χ1v) is 10.4. The third-order valence-corrected chi connectivity index (χ3v) is 5.29. The largest absolute Gasteiger partial charge is 0.356 e. The van der Waals surface area contributed by atoms with E-state index in [4.69, 9.17) is 0 Å². The molecule has 1 aromatic heterocycles. The van der Waals surface area contributed by atoms with E-state index >= 15 is 0 Å². The second kappa shape index (κ2) is 8.61. The molecule has 28 heavy (non-hydrogen) atoms. The van der Waals surface area contributed by atoms with Crippen LogP contribution in [0.25, 0.3) is 17.1 Å². The molecule has 0 fully saturated rings.